The number of rotatable bonds is 6. The summed E-state index contributed by atoms with van der Waals surface area (Å²) in [6.45, 7) is 6.40. The second-order valence-electron chi connectivity index (χ2n) is 7.86. The molecule has 0 saturated carbocycles. The highest BCUT2D eigenvalue weighted by Gasteiger charge is 2.31. The van der Waals surface area contributed by atoms with Crippen molar-refractivity contribution in [2.45, 2.75) is 33.2 Å². The number of H-pyrrole nitrogens is 1. The molecule has 1 atom stereocenters. The summed E-state index contributed by atoms with van der Waals surface area (Å²) in [5, 5.41) is 6.53. The van der Waals surface area contributed by atoms with E-state index in [2.05, 4.69) is 10.2 Å². The molecule has 1 saturated heterocycles. The third-order valence-corrected chi connectivity index (χ3v) is 5.75. The molecule has 3 rings (SSSR count). The number of hydrogen-bond acceptors (Lipinski definition) is 5. The predicted molar refractivity (Wildman–Crippen MR) is 112 cm³/mol. The molecule has 0 spiro atoms. The number of piperazine rings is 1. The summed E-state index contributed by atoms with van der Waals surface area (Å²) in [5.74, 6) is -1.35. The van der Waals surface area contributed by atoms with Crippen LogP contribution in [0.4, 0.5) is 4.39 Å². The zero-order chi connectivity index (χ0) is 22.7. The number of ether oxygens (including phenoxy) is 1. The second-order valence-corrected chi connectivity index (χ2v) is 7.86. The average Bonchev–Trinajstić information content (AvgIpc) is 2.75. The Morgan fingerprint density at radius 3 is 2.68 bits per heavy atom. The zero-order valence-electron chi connectivity index (χ0n) is 18.2. The van der Waals surface area contributed by atoms with Crippen LogP contribution in [-0.2, 0) is 16.0 Å². The van der Waals surface area contributed by atoms with E-state index in [-0.39, 0.29) is 29.6 Å². The van der Waals surface area contributed by atoms with Crippen molar-refractivity contribution < 1.29 is 18.7 Å². The van der Waals surface area contributed by atoms with Crippen molar-refractivity contribution in [2.24, 2.45) is 0 Å². The lowest BCUT2D eigenvalue weighted by molar-refractivity contribution is -0.138. The first-order valence-corrected chi connectivity index (χ1v) is 10.1. The van der Waals surface area contributed by atoms with Gasteiger partial charge in [-0.1, -0.05) is 6.07 Å². The van der Waals surface area contributed by atoms with Gasteiger partial charge in [0.2, 0.25) is 5.91 Å². The molecule has 0 radical (unpaired) electrons. The van der Waals surface area contributed by atoms with Crippen molar-refractivity contribution in [1.82, 2.24) is 20.0 Å². The molecule has 8 nitrogen and oxygen atoms in total. The maximum Gasteiger partial charge on any atom is 0.267 e. The Labute approximate surface area is 180 Å². The van der Waals surface area contributed by atoms with Gasteiger partial charge < -0.3 is 14.5 Å². The predicted octanol–water partition coefficient (Wildman–Crippen LogP) is 1.44. The number of aromatic amines is 1. The number of aromatic nitrogens is 2. The van der Waals surface area contributed by atoms with Crippen LogP contribution in [0.25, 0.3) is 0 Å². The van der Waals surface area contributed by atoms with Crippen LogP contribution < -0.4 is 5.56 Å². The molecule has 166 valence electrons. The Hall–Kier alpha value is -3.07. The van der Waals surface area contributed by atoms with Crippen molar-refractivity contribution >= 4 is 11.8 Å². The number of halogens is 1. The highest BCUT2D eigenvalue weighted by molar-refractivity contribution is 5.97. The topological polar surface area (TPSA) is 95.6 Å². The number of hydrogen-bond donors (Lipinski definition) is 1. The van der Waals surface area contributed by atoms with Gasteiger partial charge in [0.1, 0.15) is 12.4 Å². The molecule has 1 aromatic heterocycles. The average molecular weight is 430 g/mol. The summed E-state index contributed by atoms with van der Waals surface area (Å²) >= 11 is 0. The number of carbonyl (C=O) groups is 2. The first-order valence-electron chi connectivity index (χ1n) is 10.1. The van der Waals surface area contributed by atoms with Crippen LogP contribution in [0.2, 0.25) is 0 Å². The number of methoxy groups -OCH3 is 1. The molecule has 2 amide bonds. The van der Waals surface area contributed by atoms with Gasteiger partial charge in [-0.2, -0.15) is 5.10 Å². The number of amides is 2. The van der Waals surface area contributed by atoms with Gasteiger partial charge in [-0.25, -0.2) is 9.49 Å². The van der Waals surface area contributed by atoms with E-state index < -0.39 is 11.7 Å². The normalized spacial score (nSPS) is 15.3. The van der Waals surface area contributed by atoms with Gasteiger partial charge in [0.25, 0.3) is 11.5 Å². The number of nitrogens with one attached hydrogen (secondary N) is 1. The van der Waals surface area contributed by atoms with Crippen LogP contribution in [0.1, 0.15) is 39.7 Å². The standard InChI is InChI=1S/C22H27FN4O4/c1-13(12-31-4)27-8-7-26(11-20(27)28)22(30)17-9-16(5-6-18(17)23)10-19-14(2)15(3)21(29)25-24-19/h5-6,9,13H,7-8,10-12H2,1-4H3,(H,25,29)/t13-/m0/s1. The summed E-state index contributed by atoms with van der Waals surface area (Å²) in [5.41, 5.74) is 2.33. The van der Waals surface area contributed by atoms with E-state index in [0.29, 0.717) is 42.9 Å². The minimum atomic E-state index is -0.640. The van der Waals surface area contributed by atoms with Gasteiger partial charge in [0, 0.05) is 32.2 Å². The first-order chi connectivity index (χ1) is 14.7. The molecule has 2 aromatic rings. The van der Waals surface area contributed by atoms with Crippen molar-refractivity contribution in [1.29, 1.82) is 0 Å². The monoisotopic (exact) mass is 430 g/mol. The fraction of sp³-hybridized carbons (Fsp3) is 0.455. The number of benzene rings is 1. The van der Waals surface area contributed by atoms with E-state index in [1.807, 2.05) is 6.92 Å². The van der Waals surface area contributed by atoms with E-state index in [9.17, 15) is 18.8 Å². The van der Waals surface area contributed by atoms with Crippen LogP contribution >= 0.6 is 0 Å². The van der Waals surface area contributed by atoms with Crippen LogP contribution in [0.15, 0.2) is 23.0 Å². The third-order valence-electron chi connectivity index (χ3n) is 5.75. The molecule has 2 heterocycles. The molecule has 1 aliphatic heterocycles. The summed E-state index contributed by atoms with van der Waals surface area (Å²) in [6.07, 6.45) is 0.339. The minimum Gasteiger partial charge on any atom is -0.383 e. The lowest BCUT2D eigenvalue weighted by Gasteiger charge is -2.37. The number of nitrogens with zero attached hydrogens (tertiary/aromatic N) is 3. The largest absolute Gasteiger partial charge is 0.383 e. The summed E-state index contributed by atoms with van der Waals surface area (Å²) in [6, 6.07) is 4.23. The molecular weight excluding hydrogens is 403 g/mol. The Morgan fingerprint density at radius 1 is 1.26 bits per heavy atom. The van der Waals surface area contributed by atoms with Crippen molar-refractivity contribution in [2.75, 3.05) is 33.4 Å². The fourth-order valence-corrected chi connectivity index (χ4v) is 3.71. The fourth-order valence-electron chi connectivity index (χ4n) is 3.71. The maximum absolute atomic E-state index is 14.5. The van der Waals surface area contributed by atoms with E-state index in [1.54, 1.807) is 31.9 Å². The Balaban J connectivity index is 1.78. The van der Waals surface area contributed by atoms with E-state index >= 15 is 0 Å². The molecule has 0 bridgehead atoms. The van der Waals surface area contributed by atoms with Crippen LogP contribution in [0.3, 0.4) is 0 Å². The molecule has 0 aliphatic carbocycles. The summed E-state index contributed by atoms with van der Waals surface area (Å²) < 4.78 is 19.6. The highest BCUT2D eigenvalue weighted by atomic mass is 19.1. The number of carbonyl (C=O) groups excluding carboxylic acids is 2. The van der Waals surface area contributed by atoms with Gasteiger partial charge in [-0.15, -0.1) is 0 Å². The van der Waals surface area contributed by atoms with Gasteiger partial charge >= 0.3 is 0 Å². The maximum atomic E-state index is 14.5. The molecular formula is C22H27FN4O4. The lowest BCUT2D eigenvalue weighted by Crippen LogP contribution is -2.55. The van der Waals surface area contributed by atoms with Gasteiger partial charge in [0.15, 0.2) is 0 Å². The molecule has 9 heteroatoms. The van der Waals surface area contributed by atoms with Crippen molar-refractivity contribution in [3.8, 4) is 0 Å². The lowest BCUT2D eigenvalue weighted by atomic mass is 10.0. The SMILES string of the molecule is COC[C@H](C)N1CCN(C(=O)c2cc(Cc3n[nH]c(=O)c(C)c3C)ccc2F)CC1=O. The molecule has 0 unspecified atom stereocenters. The minimum absolute atomic E-state index is 0.0810. The van der Waals surface area contributed by atoms with Crippen LogP contribution in [-0.4, -0.2) is 71.2 Å². The quantitative estimate of drug-likeness (QED) is 0.748. The highest BCUT2D eigenvalue weighted by Crippen LogP contribution is 2.19. The van der Waals surface area contributed by atoms with Crippen LogP contribution in [0, 0.1) is 19.7 Å². The first kappa shape index (κ1) is 22.6. The molecule has 1 aliphatic rings. The molecule has 1 aromatic carbocycles. The van der Waals surface area contributed by atoms with E-state index in [1.165, 1.54) is 17.0 Å². The van der Waals surface area contributed by atoms with Crippen molar-refractivity contribution in [3.05, 3.63) is 62.3 Å². The smallest absolute Gasteiger partial charge is 0.267 e. The summed E-state index contributed by atoms with van der Waals surface area (Å²) in [7, 11) is 1.57. The van der Waals surface area contributed by atoms with Gasteiger partial charge in [-0.3, -0.25) is 14.4 Å². The molecule has 1 fully saturated rings. The summed E-state index contributed by atoms with van der Waals surface area (Å²) in [4.78, 5) is 40.2. The third kappa shape index (κ3) is 4.82. The molecule has 1 N–H and O–H groups in total. The van der Waals surface area contributed by atoms with Gasteiger partial charge in [-0.05, 0) is 44.0 Å². The second kappa shape index (κ2) is 9.38. The van der Waals surface area contributed by atoms with Crippen LogP contribution in [0.5, 0.6) is 0 Å². The Bertz CT molecular complexity index is 1050. The van der Waals surface area contributed by atoms with Crippen molar-refractivity contribution in [3.63, 3.8) is 0 Å². The van der Waals surface area contributed by atoms with E-state index in [0.717, 1.165) is 5.56 Å². The Morgan fingerprint density at radius 2 is 2.00 bits per heavy atom. The Kier molecular flexibility index (Phi) is 6.84. The van der Waals surface area contributed by atoms with Gasteiger partial charge in [0.05, 0.1) is 23.9 Å². The van der Waals surface area contributed by atoms with E-state index in [4.69, 9.17) is 4.74 Å². The molecule has 31 heavy (non-hydrogen) atoms. The zero-order valence-corrected chi connectivity index (χ0v) is 18.2.